The molecule has 0 spiro atoms. The zero-order valence-corrected chi connectivity index (χ0v) is 11.9. The number of nitrogens with two attached hydrogens (primary N) is 1. The SMILES string of the molecule is COc1ccc(OC)c(N2CCC(CCCN)C2)c1. The molecule has 2 N–H and O–H groups in total. The normalized spacial score (nSPS) is 18.7. The van der Waals surface area contributed by atoms with E-state index in [9.17, 15) is 0 Å². The van der Waals surface area contributed by atoms with Gasteiger partial charge in [-0.25, -0.2) is 0 Å². The molecule has 4 nitrogen and oxygen atoms in total. The Kier molecular flexibility index (Phi) is 4.91. The van der Waals surface area contributed by atoms with Crippen LogP contribution in [0.2, 0.25) is 0 Å². The first kappa shape index (κ1) is 14.0. The van der Waals surface area contributed by atoms with Gasteiger partial charge in [0.05, 0.1) is 19.9 Å². The van der Waals surface area contributed by atoms with Gasteiger partial charge in [0.25, 0.3) is 0 Å². The molecule has 2 rings (SSSR count). The zero-order chi connectivity index (χ0) is 13.7. The van der Waals surface area contributed by atoms with E-state index in [1.54, 1.807) is 14.2 Å². The molecule has 1 aromatic carbocycles. The second-order valence-electron chi connectivity index (χ2n) is 5.07. The van der Waals surface area contributed by atoms with Gasteiger partial charge in [0.15, 0.2) is 0 Å². The summed E-state index contributed by atoms with van der Waals surface area (Å²) in [4.78, 5) is 2.39. The van der Waals surface area contributed by atoms with Gasteiger partial charge in [0.1, 0.15) is 11.5 Å². The third kappa shape index (κ3) is 3.32. The average molecular weight is 264 g/mol. The molecule has 0 amide bonds. The fraction of sp³-hybridized carbons (Fsp3) is 0.600. The van der Waals surface area contributed by atoms with Gasteiger partial charge in [0.2, 0.25) is 0 Å². The van der Waals surface area contributed by atoms with Gasteiger partial charge in [-0.05, 0) is 43.9 Å². The lowest BCUT2D eigenvalue weighted by Gasteiger charge is -2.22. The minimum Gasteiger partial charge on any atom is -0.497 e. The standard InChI is InChI=1S/C15H24N2O2/c1-18-13-5-6-15(19-2)14(10-13)17-9-7-12(11-17)4-3-8-16/h5-6,10,12H,3-4,7-9,11,16H2,1-2H3. The van der Waals surface area contributed by atoms with Crippen LogP contribution in [0.5, 0.6) is 11.5 Å². The van der Waals surface area contributed by atoms with E-state index in [1.165, 1.54) is 12.8 Å². The molecule has 1 aromatic rings. The molecule has 0 bridgehead atoms. The molecule has 19 heavy (non-hydrogen) atoms. The fourth-order valence-electron chi connectivity index (χ4n) is 2.74. The highest BCUT2D eigenvalue weighted by atomic mass is 16.5. The van der Waals surface area contributed by atoms with Crippen LogP contribution in [0.3, 0.4) is 0 Å². The molecule has 0 saturated carbocycles. The minimum absolute atomic E-state index is 0.749. The Morgan fingerprint density at radius 3 is 2.84 bits per heavy atom. The maximum atomic E-state index is 5.59. The van der Waals surface area contributed by atoms with E-state index in [2.05, 4.69) is 11.0 Å². The third-order valence-electron chi connectivity index (χ3n) is 3.83. The Hall–Kier alpha value is -1.42. The highest BCUT2D eigenvalue weighted by Gasteiger charge is 2.24. The fourth-order valence-corrected chi connectivity index (χ4v) is 2.74. The van der Waals surface area contributed by atoms with Crippen molar-refractivity contribution in [3.05, 3.63) is 18.2 Å². The number of nitrogens with zero attached hydrogens (tertiary/aromatic N) is 1. The Morgan fingerprint density at radius 2 is 2.16 bits per heavy atom. The summed E-state index contributed by atoms with van der Waals surface area (Å²) >= 11 is 0. The van der Waals surface area contributed by atoms with E-state index in [0.29, 0.717) is 0 Å². The first-order valence-corrected chi connectivity index (χ1v) is 6.95. The summed E-state index contributed by atoms with van der Waals surface area (Å²) in [5.41, 5.74) is 6.72. The number of benzene rings is 1. The molecule has 1 saturated heterocycles. The van der Waals surface area contributed by atoms with E-state index in [-0.39, 0.29) is 0 Å². The Balaban J connectivity index is 2.09. The van der Waals surface area contributed by atoms with Crippen molar-refractivity contribution in [2.45, 2.75) is 19.3 Å². The van der Waals surface area contributed by atoms with Crippen LogP contribution in [0.15, 0.2) is 18.2 Å². The van der Waals surface area contributed by atoms with Crippen LogP contribution in [0, 0.1) is 5.92 Å². The predicted molar refractivity (Wildman–Crippen MR) is 78.2 cm³/mol. The molecule has 1 heterocycles. The van der Waals surface area contributed by atoms with Crippen LogP contribution >= 0.6 is 0 Å². The first-order valence-electron chi connectivity index (χ1n) is 6.95. The quantitative estimate of drug-likeness (QED) is 0.856. The van der Waals surface area contributed by atoms with E-state index in [1.807, 2.05) is 12.1 Å². The van der Waals surface area contributed by atoms with Crippen molar-refractivity contribution in [2.75, 3.05) is 38.8 Å². The van der Waals surface area contributed by atoms with E-state index in [0.717, 1.165) is 49.2 Å². The lowest BCUT2D eigenvalue weighted by atomic mass is 10.0. The van der Waals surface area contributed by atoms with Gasteiger partial charge in [-0.3, -0.25) is 0 Å². The van der Waals surface area contributed by atoms with E-state index in [4.69, 9.17) is 15.2 Å². The summed E-state index contributed by atoms with van der Waals surface area (Å²) in [7, 11) is 3.41. The topological polar surface area (TPSA) is 47.7 Å². The second kappa shape index (κ2) is 6.66. The number of hydrogen-bond acceptors (Lipinski definition) is 4. The van der Waals surface area contributed by atoms with Crippen LogP contribution in [0.1, 0.15) is 19.3 Å². The van der Waals surface area contributed by atoms with E-state index < -0.39 is 0 Å². The maximum Gasteiger partial charge on any atom is 0.142 e. The van der Waals surface area contributed by atoms with Gasteiger partial charge in [-0.2, -0.15) is 0 Å². The number of rotatable bonds is 6. The summed E-state index contributed by atoms with van der Waals surface area (Å²) in [5, 5.41) is 0. The van der Waals surface area contributed by atoms with Gasteiger partial charge in [-0.1, -0.05) is 0 Å². The number of methoxy groups -OCH3 is 2. The molecular formula is C15H24N2O2. The van der Waals surface area contributed by atoms with Crippen molar-refractivity contribution in [1.82, 2.24) is 0 Å². The summed E-state index contributed by atoms with van der Waals surface area (Å²) in [6.07, 6.45) is 3.58. The molecule has 1 unspecified atom stereocenters. The van der Waals surface area contributed by atoms with Gasteiger partial charge in [0, 0.05) is 19.2 Å². The number of anilines is 1. The molecule has 1 atom stereocenters. The maximum absolute atomic E-state index is 5.59. The molecule has 4 heteroatoms. The van der Waals surface area contributed by atoms with Crippen molar-refractivity contribution in [3.63, 3.8) is 0 Å². The van der Waals surface area contributed by atoms with Crippen LogP contribution in [-0.2, 0) is 0 Å². The Bertz CT molecular complexity index is 409. The summed E-state index contributed by atoms with van der Waals surface area (Å²) in [6.45, 7) is 2.96. The summed E-state index contributed by atoms with van der Waals surface area (Å²) in [5.74, 6) is 2.54. The van der Waals surface area contributed by atoms with Crippen LogP contribution in [-0.4, -0.2) is 33.9 Å². The predicted octanol–water partition coefficient (Wildman–Crippen LogP) is 2.27. The van der Waals surface area contributed by atoms with Crippen molar-refractivity contribution in [3.8, 4) is 11.5 Å². The van der Waals surface area contributed by atoms with Crippen molar-refractivity contribution >= 4 is 5.69 Å². The van der Waals surface area contributed by atoms with Gasteiger partial charge in [-0.15, -0.1) is 0 Å². The zero-order valence-electron chi connectivity index (χ0n) is 11.9. The second-order valence-corrected chi connectivity index (χ2v) is 5.07. The largest absolute Gasteiger partial charge is 0.497 e. The molecule has 1 aliphatic heterocycles. The van der Waals surface area contributed by atoms with E-state index >= 15 is 0 Å². The highest BCUT2D eigenvalue weighted by molar-refractivity contribution is 5.62. The monoisotopic (exact) mass is 264 g/mol. The van der Waals surface area contributed by atoms with Crippen LogP contribution in [0.4, 0.5) is 5.69 Å². The van der Waals surface area contributed by atoms with Gasteiger partial charge >= 0.3 is 0 Å². The Morgan fingerprint density at radius 1 is 1.32 bits per heavy atom. The molecule has 1 fully saturated rings. The van der Waals surface area contributed by atoms with Crippen molar-refractivity contribution in [1.29, 1.82) is 0 Å². The molecule has 0 aromatic heterocycles. The molecule has 106 valence electrons. The number of ether oxygens (including phenoxy) is 2. The molecule has 1 aliphatic rings. The van der Waals surface area contributed by atoms with Crippen molar-refractivity contribution in [2.24, 2.45) is 11.7 Å². The number of hydrogen-bond donors (Lipinski definition) is 1. The molecule has 0 radical (unpaired) electrons. The van der Waals surface area contributed by atoms with Crippen LogP contribution < -0.4 is 20.1 Å². The lowest BCUT2D eigenvalue weighted by Crippen LogP contribution is -2.20. The molecular weight excluding hydrogens is 240 g/mol. The van der Waals surface area contributed by atoms with Crippen LogP contribution in [0.25, 0.3) is 0 Å². The highest BCUT2D eigenvalue weighted by Crippen LogP contribution is 2.36. The first-order chi connectivity index (χ1) is 9.28. The summed E-state index contributed by atoms with van der Waals surface area (Å²) in [6, 6.07) is 5.97. The Labute approximate surface area is 115 Å². The van der Waals surface area contributed by atoms with Gasteiger partial charge < -0.3 is 20.1 Å². The molecule has 0 aliphatic carbocycles. The smallest absolute Gasteiger partial charge is 0.142 e. The minimum atomic E-state index is 0.749. The average Bonchev–Trinajstić information content (AvgIpc) is 2.93. The third-order valence-corrected chi connectivity index (χ3v) is 3.83. The lowest BCUT2D eigenvalue weighted by molar-refractivity contribution is 0.403. The summed E-state index contributed by atoms with van der Waals surface area (Å²) < 4.78 is 10.8. The van der Waals surface area contributed by atoms with Crippen molar-refractivity contribution < 1.29 is 9.47 Å².